The van der Waals surface area contributed by atoms with Crippen molar-refractivity contribution in [2.45, 2.75) is 56.4 Å². The first kappa shape index (κ1) is 21.2. The Labute approximate surface area is 162 Å². The van der Waals surface area contributed by atoms with Crippen LogP contribution in [0.25, 0.3) is 0 Å². The van der Waals surface area contributed by atoms with Crippen molar-refractivity contribution < 1.29 is 13.2 Å². The van der Waals surface area contributed by atoms with Crippen molar-refractivity contribution in [3.05, 3.63) is 23.8 Å². The average molecular weight is 402 g/mol. The van der Waals surface area contributed by atoms with Crippen molar-refractivity contribution >= 4 is 34.0 Å². The molecule has 2 heterocycles. The van der Waals surface area contributed by atoms with E-state index in [9.17, 15) is 13.2 Å². The number of carbonyl (C=O) groups excluding carboxylic acids is 1. The number of amides is 1. The minimum atomic E-state index is -3.53. The van der Waals surface area contributed by atoms with Gasteiger partial charge in [-0.05, 0) is 56.8 Å². The molecule has 1 aromatic carbocycles. The summed E-state index contributed by atoms with van der Waals surface area (Å²) in [7, 11) is -3.53. The predicted octanol–water partition coefficient (Wildman–Crippen LogP) is 2.67. The van der Waals surface area contributed by atoms with Crippen molar-refractivity contribution in [1.82, 2.24) is 9.62 Å². The van der Waals surface area contributed by atoms with Crippen LogP contribution in [0.3, 0.4) is 0 Å². The molecular weight excluding hydrogens is 374 g/mol. The minimum Gasteiger partial charge on any atom is -0.325 e. The first-order valence-corrected chi connectivity index (χ1v) is 10.6. The molecule has 2 N–H and O–H groups in total. The fraction of sp³-hybridized carbons (Fsp3) is 0.611. The molecule has 26 heavy (non-hydrogen) atoms. The van der Waals surface area contributed by atoms with E-state index in [1.54, 1.807) is 29.4 Å². The lowest BCUT2D eigenvalue weighted by molar-refractivity contribution is -0.117. The molecule has 1 atom stereocenters. The molecule has 1 unspecified atom stereocenters. The summed E-state index contributed by atoms with van der Waals surface area (Å²) >= 11 is 0. The zero-order valence-corrected chi connectivity index (χ0v) is 16.8. The number of sulfonamides is 1. The van der Waals surface area contributed by atoms with Gasteiger partial charge in [-0.1, -0.05) is 18.9 Å². The Bertz CT molecular complexity index is 725. The second-order valence-corrected chi connectivity index (χ2v) is 8.84. The second kappa shape index (κ2) is 9.17. The molecular formula is C18H28ClN3O3S. The number of halogens is 1. The maximum atomic E-state index is 13.1. The molecule has 1 amide bonds. The lowest BCUT2D eigenvalue weighted by Gasteiger charge is -2.22. The summed E-state index contributed by atoms with van der Waals surface area (Å²) in [5.74, 6) is -0.0977. The van der Waals surface area contributed by atoms with Crippen molar-refractivity contribution in [3.8, 4) is 0 Å². The summed E-state index contributed by atoms with van der Waals surface area (Å²) in [4.78, 5) is 12.6. The monoisotopic (exact) mass is 401 g/mol. The van der Waals surface area contributed by atoms with Gasteiger partial charge in [0.15, 0.2) is 0 Å². The van der Waals surface area contributed by atoms with Crippen LogP contribution in [0.2, 0.25) is 0 Å². The molecule has 0 radical (unpaired) electrons. The highest BCUT2D eigenvalue weighted by Gasteiger charge is 2.27. The van der Waals surface area contributed by atoms with Crippen LogP contribution in [0, 0.1) is 6.92 Å². The molecule has 6 nitrogen and oxygen atoms in total. The molecule has 0 saturated carbocycles. The third-order valence-corrected chi connectivity index (χ3v) is 7.06. The number of hydrogen-bond donors (Lipinski definition) is 2. The van der Waals surface area contributed by atoms with E-state index in [1.807, 2.05) is 0 Å². The number of aryl methyl sites for hydroxylation is 1. The van der Waals surface area contributed by atoms with Gasteiger partial charge in [-0.15, -0.1) is 12.4 Å². The lowest BCUT2D eigenvalue weighted by atomic mass is 10.2. The van der Waals surface area contributed by atoms with Gasteiger partial charge in [0, 0.05) is 18.8 Å². The Kier molecular flexibility index (Phi) is 7.46. The number of carbonyl (C=O) groups is 1. The molecule has 2 aliphatic rings. The van der Waals surface area contributed by atoms with Gasteiger partial charge in [0.05, 0.1) is 10.9 Å². The molecule has 0 aliphatic carbocycles. The van der Waals surface area contributed by atoms with E-state index in [-0.39, 0.29) is 24.4 Å². The fourth-order valence-corrected chi connectivity index (χ4v) is 5.28. The van der Waals surface area contributed by atoms with Gasteiger partial charge in [0.25, 0.3) is 0 Å². The second-order valence-electron chi connectivity index (χ2n) is 6.94. The summed E-state index contributed by atoms with van der Waals surface area (Å²) in [5.41, 5.74) is 1.25. The number of nitrogens with zero attached hydrogens (tertiary/aromatic N) is 1. The normalized spacial score (nSPS) is 21.7. The maximum absolute atomic E-state index is 13.1. The summed E-state index contributed by atoms with van der Waals surface area (Å²) in [6.07, 6.45) is 5.77. The minimum absolute atomic E-state index is 0. The highest BCUT2D eigenvalue weighted by molar-refractivity contribution is 7.89. The number of anilines is 1. The third kappa shape index (κ3) is 4.76. The molecule has 0 aromatic heterocycles. The molecule has 3 rings (SSSR count). The van der Waals surface area contributed by atoms with Gasteiger partial charge >= 0.3 is 0 Å². The highest BCUT2D eigenvalue weighted by Crippen LogP contribution is 2.26. The molecule has 8 heteroatoms. The SMILES string of the molecule is Cc1ccc(NC(=O)C2CCCN2)cc1S(=O)(=O)N1CCCCCC1.Cl. The van der Waals surface area contributed by atoms with Crippen LogP contribution >= 0.6 is 12.4 Å². The third-order valence-electron chi connectivity index (χ3n) is 5.02. The number of hydrogen-bond acceptors (Lipinski definition) is 4. The maximum Gasteiger partial charge on any atom is 0.243 e. The number of benzene rings is 1. The summed E-state index contributed by atoms with van der Waals surface area (Å²) in [5, 5.41) is 6.01. The molecule has 0 bridgehead atoms. The van der Waals surface area contributed by atoms with Crippen LogP contribution in [0.15, 0.2) is 23.1 Å². The van der Waals surface area contributed by atoms with Gasteiger partial charge < -0.3 is 10.6 Å². The van der Waals surface area contributed by atoms with Gasteiger partial charge in [0.1, 0.15) is 0 Å². The van der Waals surface area contributed by atoms with E-state index in [0.717, 1.165) is 45.1 Å². The van der Waals surface area contributed by atoms with E-state index in [1.165, 1.54) is 0 Å². The van der Waals surface area contributed by atoms with Gasteiger partial charge in [-0.3, -0.25) is 4.79 Å². The first-order valence-electron chi connectivity index (χ1n) is 9.13. The highest BCUT2D eigenvalue weighted by atomic mass is 35.5. The Morgan fingerprint density at radius 3 is 2.46 bits per heavy atom. The van der Waals surface area contributed by atoms with Crippen molar-refractivity contribution in [1.29, 1.82) is 0 Å². The van der Waals surface area contributed by atoms with Crippen molar-refractivity contribution in [2.75, 3.05) is 25.0 Å². The van der Waals surface area contributed by atoms with Crippen molar-refractivity contribution in [3.63, 3.8) is 0 Å². The Morgan fingerprint density at radius 2 is 1.85 bits per heavy atom. The van der Waals surface area contributed by atoms with E-state index in [0.29, 0.717) is 29.2 Å². The van der Waals surface area contributed by atoms with Crippen LogP contribution in [0.4, 0.5) is 5.69 Å². The standard InChI is InChI=1S/C18H27N3O3S.ClH/c1-14-8-9-15(20-18(22)16-7-6-10-19-16)13-17(14)25(23,24)21-11-4-2-3-5-12-21;/h8-9,13,16,19H,2-7,10-12H2,1H3,(H,20,22);1H. The van der Waals surface area contributed by atoms with Crippen LogP contribution in [-0.2, 0) is 14.8 Å². The topological polar surface area (TPSA) is 78.5 Å². The number of rotatable bonds is 4. The molecule has 2 fully saturated rings. The zero-order valence-electron chi connectivity index (χ0n) is 15.2. The predicted molar refractivity (Wildman–Crippen MR) is 105 cm³/mol. The average Bonchev–Trinajstić information content (AvgIpc) is 2.98. The smallest absolute Gasteiger partial charge is 0.243 e. The molecule has 146 valence electrons. The molecule has 0 spiro atoms. The van der Waals surface area contributed by atoms with Crippen molar-refractivity contribution in [2.24, 2.45) is 0 Å². The first-order chi connectivity index (χ1) is 12.0. The summed E-state index contributed by atoms with van der Waals surface area (Å²) in [6, 6.07) is 4.95. The molecule has 2 aliphatic heterocycles. The van der Waals surface area contributed by atoms with E-state index >= 15 is 0 Å². The Hall–Kier alpha value is -1.15. The fourth-order valence-electron chi connectivity index (χ4n) is 3.51. The zero-order chi connectivity index (χ0) is 17.9. The van der Waals surface area contributed by atoms with E-state index < -0.39 is 10.0 Å². The lowest BCUT2D eigenvalue weighted by Crippen LogP contribution is -2.35. The van der Waals surface area contributed by atoms with Crippen LogP contribution < -0.4 is 10.6 Å². The van der Waals surface area contributed by atoms with E-state index in [4.69, 9.17) is 0 Å². The van der Waals surface area contributed by atoms with Gasteiger partial charge in [0.2, 0.25) is 15.9 Å². The summed E-state index contributed by atoms with van der Waals surface area (Å²) in [6.45, 7) is 3.80. The number of nitrogens with one attached hydrogen (secondary N) is 2. The molecule has 1 aromatic rings. The van der Waals surface area contributed by atoms with Gasteiger partial charge in [-0.2, -0.15) is 4.31 Å². The van der Waals surface area contributed by atoms with Crippen LogP contribution in [-0.4, -0.2) is 44.3 Å². The van der Waals surface area contributed by atoms with Gasteiger partial charge in [-0.25, -0.2) is 8.42 Å². The molecule has 2 saturated heterocycles. The van der Waals surface area contributed by atoms with E-state index in [2.05, 4.69) is 10.6 Å². The van der Waals surface area contributed by atoms with Crippen LogP contribution in [0.5, 0.6) is 0 Å². The summed E-state index contributed by atoms with van der Waals surface area (Å²) < 4.78 is 27.7. The Morgan fingerprint density at radius 1 is 1.15 bits per heavy atom. The Balaban J connectivity index is 0.00000243. The van der Waals surface area contributed by atoms with Crippen LogP contribution in [0.1, 0.15) is 44.1 Å². The quantitative estimate of drug-likeness (QED) is 0.812. The largest absolute Gasteiger partial charge is 0.325 e.